The molecular formula is C29H42N2O4. The zero-order valence-corrected chi connectivity index (χ0v) is 22.2. The van der Waals surface area contributed by atoms with Crippen LogP contribution in [0.1, 0.15) is 70.6 Å². The van der Waals surface area contributed by atoms with Crippen LogP contribution in [0.4, 0.5) is 0 Å². The summed E-state index contributed by atoms with van der Waals surface area (Å²) in [5.41, 5.74) is 3.17. The van der Waals surface area contributed by atoms with Crippen LogP contribution < -0.4 is 14.8 Å². The molecule has 0 heterocycles. The van der Waals surface area contributed by atoms with E-state index in [-0.39, 0.29) is 17.9 Å². The summed E-state index contributed by atoms with van der Waals surface area (Å²) in [6, 6.07) is 13.5. The summed E-state index contributed by atoms with van der Waals surface area (Å²) in [6.07, 6.45) is 2.25. The maximum absolute atomic E-state index is 13.5. The Morgan fingerprint density at radius 3 is 2.11 bits per heavy atom. The second-order valence-electron chi connectivity index (χ2n) is 8.90. The monoisotopic (exact) mass is 482 g/mol. The Kier molecular flexibility index (Phi) is 11.6. The third kappa shape index (κ3) is 8.61. The molecule has 2 amide bonds. The van der Waals surface area contributed by atoms with Crippen LogP contribution in [-0.4, -0.2) is 42.0 Å². The van der Waals surface area contributed by atoms with Gasteiger partial charge in [-0.25, -0.2) is 0 Å². The molecule has 0 bridgehead atoms. The average molecular weight is 483 g/mol. The van der Waals surface area contributed by atoms with Crippen molar-refractivity contribution in [3.63, 3.8) is 0 Å². The summed E-state index contributed by atoms with van der Waals surface area (Å²) in [4.78, 5) is 28.3. The lowest BCUT2D eigenvalue weighted by atomic mass is 10.0. The molecule has 0 unspecified atom stereocenters. The van der Waals surface area contributed by atoms with Gasteiger partial charge < -0.3 is 19.7 Å². The molecule has 2 atom stereocenters. The second kappa shape index (κ2) is 14.4. The van der Waals surface area contributed by atoms with E-state index in [1.54, 1.807) is 4.90 Å². The topological polar surface area (TPSA) is 67.9 Å². The summed E-state index contributed by atoms with van der Waals surface area (Å²) >= 11 is 0. The molecule has 192 valence electrons. The quantitative estimate of drug-likeness (QED) is 0.389. The SMILES string of the molecule is CCOc1ccc(CCC(=O)N(Cc2ccc(C)cc2)[C@@H](CC)C(=O)N[C@H](C)CC)cc1OCC. The van der Waals surface area contributed by atoms with Crippen molar-refractivity contribution >= 4 is 11.8 Å². The third-order valence-corrected chi connectivity index (χ3v) is 6.10. The average Bonchev–Trinajstić information content (AvgIpc) is 2.85. The van der Waals surface area contributed by atoms with Gasteiger partial charge in [0.1, 0.15) is 6.04 Å². The Morgan fingerprint density at radius 2 is 1.51 bits per heavy atom. The Hall–Kier alpha value is -3.02. The molecule has 2 aromatic carbocycles. The normalized spacial score (nSPS) is 12.5. The molecule has 6 heteroatoms. The van der Waals surface area contributed by atoms with Crippen molar-refractivity contribution in [3.8, 4) is 11.5 Å². The first-order chi connectivity index (χ1) is 16.8. The molecule has 0 aliphatic heterocycles. The Bertz CT molecular complexity index is 942. The molecule has 0 aromatic heterocycles. The number of hydrogen-bond donors (Lipinski definition) is 1. The highest BCUT2D eigenvalue weighted by molar-refractivity contribution is 5.88. The number of nitrogens with one attached hydrogen (secondary N) is 1. The molecule has 35 heavy (non-hydrogen) atoms. The largest absolute Gasteiger partial charge is 0.490 e. The van der Waals surface area contributed by atoms with Crippen molar-refractivity contribution in [3.05, 3.63) is 59.2 Å². The molecule has 2 aromatic rings. The van der Waals surface area contributed by atoms with E-state index in [2.05, 4.69) is 5.32 Å². The van der Waals surface area contributed by atoms with Crippen LogP contribution in [0.3, 0.4) is 0 Å². The minimum absolute atomic E-state index is 0.0384. The Balaban J connectivity index is 2.23. The van der Waals surface area contributed by atoms with Gasteiger partial charge in [0, 0.05) is 19.0 Å². The van der Waals surface area contributed by atoms with E-state index < -0.39 is 6.04 Å². The summed E-state index contributed by atoms with van der Waals surface area (Å²) < 4.78 is 11.4. The summed E-state index contributed by atoms with van der Waals surface area (Å²) in [5, 5.41) is 3.06. The molecule has 0 aliphatic carbocycles. The van der Waals surface area contributed by atoms with Crippen LogP contribution in [0.2, 0.25) is 0 Å². The molecule has 0 fully saturated rings. The zero-order valence-electron chi connectivity index (χ0n) is 22.2. The Labute approximate surface area is 211 Å². The van der Waals surface area contributed by atoms with Gasteiger partial charge >= 0.3 is 0 Å². The second-order valence-corrected chi connectivity index (χ2v) is 8.90. The third-order valence-electron chi connectivity index (χ3n) is 6.10. The van der Waals surface area contributed by atoms with E-state index in [4.69, 9.17) is 9.47 Å². The van der Waals surface area contributed by atoms with E-state index in [1.807, 2.05) is 84.0 Å². The highest BCUT2D eigenvalue weighted by atomic mass is 16.5. The number of rotatable bonds is 14. The van der Waals surface area contributed by atoms with Crippen molar-refractivity contribution in [2.75, 3.05) is 13.2 Å². The Morgan fingerprint density at radius 1 is 0.886 bits per heavy atom. The molecule has 0 aliphatic rings. The number of aryl methyl sites for hydroxylation is 2. The van der Waals surface area contributed by atoms with Gasteiger partial charge in [0.25, 0.3) is 0 Å². The van der Waals surface area contributed by atoms with Gasteiger partial charge in [0.2, 0.25) is 11.8 Å². The zero-order chi connectivity index (χ0) is 25.8. The van der Waals surface area contributed by atoms with Gasteiger partial charge in [-0.3, -0.25) is 9.59 Å². The fourth-order valence-electron chi connectivity index (χ4n) is 3.90. The minimum atomic E-state index is -0.517. The molecular weight excluding hydrogens is 440 g/mol. The number of carbonyl (C=O) groups excluding carboxylic acids is 2. The van der Waals surface area contributed by atoms with Gasteiger partial charge in [-0.1, -0.05) is 49.7 Å². The number of carbonyl (C=O) groups is 2. The van der Waals surface area contributed by atoms with E-state index in [1.165, 1.54) is 0 Å². The lowest BCUT2D eigenvalue weighted by Gasteiger charge is -2.31. The number of nitrogens with zero attached hydrogens (tertiary/aromatic N) is 1. The number of benzene rings is 2. The molecule has 6 nitrogen and oxygen atoms in total. The van der Waals surface area contributed by atoms with Crippen molar-refractivity contribution in [1.82, 2.24) is 10.2 Å². The van der Waals surface area contributed by atoms with E-state index in [0.29, 0.717) is 50.5 Å². The molecule has 0 saturated heterocycles. The number of hydrogen-bond acceptors (Lipinski definition) is 4. The van der Waals surface area contributed by atoms with Crippen molar-refractivity contribution in [2.24, 2.45) is 0 Å². The molecule has 0 saturated carbocycles. The van der Waals surface area contributed by atoms with Crippen LogP contribution in [-0.2, 0) is 22.6 Å². The van der Waals surface area contributed by atoms with Crippen LogP contribution >= 0.6 is 0 Å². The van der Waals surface area contributed by atoms with Crippen LogP contribution in [0.25, 0.3) is 0 Å². The first-order valence-corrected chi connectivity index (χ1v) is 12.9. The van der Waals surface area contributed by atoms with Gasteiger partial charge in [-0.2, -0.15) is 0 Å². The molecule has 1 N–H and O–H groups in total. The van der Waals surface area contributed by atoms with Gasteiger partial charge in [0.15, 0.2) is 11.5 Å². The smallest absolute Gasteiger partial charge is 0.243 e. The van der Waals surface area contributed by atoms with Gasteiger partial charge in [-0.15, -0.1) is 0 Å². The van der Waals surface area contributed by atoms with Crippen LogP contribution in [0.5, 0.6) is 11.5 Å². The maximum atomic E-state index is 13.5. The van der Waals surface area contributed by atoms with E-state index in [0.717, 1.165) is 23.1 Å². The molecule has 2 rings (SSSR count). The minimum Gasteiger partial charge on any atom is -0.490 e. The van der Waals surface area contributed by atoms with Crippen molar-refractivity contribution in [2.45, 2.75) is 85.9 Å². The predicted octanol–water partition coefficient (Wildman–Crippen LogP) is 5.45. The standard InChI is InChI=1S/C29H42N2O4/c1-7-22(6)30-29(33)25(8-2)31(20-24-13-11-21(5)12-14-24)28(32)18-16-23-15-17-26(34-9-3)27(19-23)35-10-4/h11-15,17,19,22,25H,7-10,16,18,20H2,1-6H3,(H,30,33)/t22-,25+/m1/s1. The summed E-state index contributed by atoms with van der Waals surface area (Å²) in [7, 11) is 0. The fourth-order valence-corrected chi connectivity index (χ4v) is 3.90. The van der Waals surface area contributed by atoms with Crippen molar-refractivity contribution in [1.29, 1.82) is 0 Å². The highest BCUT2D eigenvalue weighted by Gasteiger charge is 2.29. The first kappa shape index (κ1) is 28.2. The van der Waals surface area contributed by atoms with Crippen molar-refractivity contribution < 1.29 is 19.1 Å². The lowest BCUT2D eigenvalue weighted by molar-refractivity contribution is -0.141. The molecule has 0 radical (unpaired) electrons. The first-order valence-electron chi connectivity index (χ1n) is 12.9. The number of amides is 2. The van der Waals surface area contributed by atoms with Gasteiger partial charge in [0.05, 0.1) is 13.2 Å². The van der Waals surface area contributed by atoms with Crippen LogP contribution in [0, 0.1) is 6.92 Å². The summed E-state index contributed by atoms with van der Waals surface area (Å²) in [5.74, 6) is 1.26. The fraction of sp³-hybridized carbons (Fsp3) is 0.517. The van der Waals surface area contributed by atoms with E-state index >= 15 is 0 Å². The molecule has 0 spiro atoms. The summed E-state index contributed by atoms with van der Waals surface area (Å²) in [6.45, 7) is 13.4. The number of ether oxygens (including phenoxy) is 2. The lowest BCUT2D eigenvalue weighted by Crippen LogP contribution is -2.50. The van der Waals surface area contributed by atoms with E-state index in [9.17, 15) is 9.59 Å². The van der Waals surface area contributed by atoms with Crippen LogP contribution in [0.15, 0.2) is 42.5 Å². The maximum Gasteiger partial charge on any atom is 0.243 e. The highest BCUT2D eigenvalue weighted by Crippen LogP contribution is 2.29. The van der Waals surface area contributed by atoms with Gasteiger partial charge in [-0.05, 0) is 70.2 Å². The predicted molar refractivity (Wildman–Crippen MR) is 141 cm³/mol.